The molecule has 1 aliphatic rings. The predicted octanol–water partition coefficient (Wildman–Crippen LogP) is 1.60. The minimum atomic E-state index is -1.05. The molecular weight excluding hydrogens is 340 g/mol. The van der Waals surface area contributed by atoms with Crippen LogP contribution in [0.4, 0.5) is 0 Å². The molecule has 0 saturated carbocycles. The van der Waals surface area contributed by atoms with Gasteiger partial charge in [0, 0.05) is 31.0 Å². The Morgan fingerprint density at radius 2 is 1.52 bits per heavy atom. The van der Waals surface area contributed by atoms with Crippen LogP contribution >= 0.6 is 11.6 Å². The van der Waals surface area contributed by atoms with E-state index >= 15 is 0 Å². The summed E-state index contributed by atoms with van der Waals surface area (Å²) in [6.07, 6.45) is 0.926. The minimum absolute atomic E-state index is 0.0278. The lowest BCUT2D eigenvalue weighted by Gasteiger charge is -2.22. The summed E-state index contributed by atoms with van der Waals surface area (Å²) in [6, 6.07) is 14.9. The molecule has 0 fully saturated rings. The van der Waals surface area contributed by atoms with Crippen molar-refractivity contribution in [3.63, 3.8) is 0 Å². The van der Waals surface area contributed by atoms with Crippen LogP contribution in [0, 0.1) is 0 Å². The van der Waals surface area contributed by atoms with E-state index in [1.807, 2.05) is 24.3 Å². The van der Waals surface area contributed by atoms with Crippen LogP contribution < -0.4 is 10.6 Å². The molecule has 0 bridgehead atoms. The molecule has 6 heteroatoms. The molecule has 0 aromatic heterocycles. The van der Waals surface area contributed by atoms with E-state index in [4.69, 9.17) is 11.6 Å². The smallest absolute Gasteiger partial charge is 0.309 e. The Bertz CT molecular complexity index is 782. The lowest BCUT2D eigenvalue weighted by molar-refractivity contribution is -0.139. The molecule has 25 heavy (non-hydrogen) atoms. The fraction of sp³-hybridized carbons (Fsp3) is 0.263. The largest absolute Gasteiger partial charge is 0.387 e. The number of hydrogen-bond acceptors (Lipinski definition) is 3. The zero-order valence-electron chi connectivity index (χ0n) is 13.6. The summed E-state index contributed by atoms with van der Waals surface area (Å²) in [7, 11) is 0. The van der Waals surface area contributed by atoms with Crippen molar-refractivity contribution in [1.82, 2.24) is 10.6 Å². The fourth-order valence-electron chi connectivity index (χ4n) is 3.02. The van der Waals surface area contributed by atoms with Gasteiger partial charge in [-0.25, -0.2) is 0 Å². The molecule has 130 valence electrons. The zero-order valence-corrected chi connectivity index (χ0v) is 14.3. The second-order valence-corrected chi connectivity index (χ2v) is 6.71. The molecule has 5 nitrogen and oxygen atoms in total. The Labute approximate surface area is 151 Å². The molecule has 3 rings (SSSR count). The van der Waals surface area contributed by atoms with E-state index in [0.717, 1.165) is 16.7 Å². The van der Waals surface area contributed by atoms with Crippen molar-refractivity contribution >= 4 is 23.4 Å². The number of rotatable bonds is 4. The van der Waals surface area contributed by atoms with Crippen LogP contribution in [0.5, 0.6) is 0 Å². The van der Waals surface area contributed by atoms with Gasteiger partial charge in [-0.3, -0.25) is 9.59 Å². The van der Waals surface area contributed by atoms with Crippen LogP contribution in [0.1, 0.15) is 16.7 Å². The highest BCUT2D eigenvalue weighted by atomic mass is 35.5. The van der Waals surface area contributed by atoms with Crippen molar-refractivity contribution < 1.29 is 14.7 Å². The molecule has 0 saturated heterocycles. The highest BCUT2D eigenvalue weighted by Crippen LogP contribution is 2.29. The topological polar surface area (TPSA) is 78.4 Å². The van der Waals surface area contributed by atoms with Gasteiger partial charge >= 0.3 is 11.8 Å². The molecule has 1 aliphatic carbocycles. The summed E-state index contributed by atoms with van der Waals surface area (Å²) >= 11 is 6.01. The molecule has 2 aromatic rings. The molecule has 0 heterocycles. The van der Waals surface area contributed by atoms with E-state index in [-0.39, 0.29) is 13.1 Å². The molecule has 0 spiro atoms. The van der Waals surface area contributed by atoms with Gasteiger partial charge in [-0.1, -0.05) is 54.1 Å². The van der Waals surface area contributed by atoms with Crippen LogP contribution in [0.25, 0.3) is 0 Å². The van der Waals surface area contributed by atoms with Crippen molar-refractivity contribution in [3.8, 4) is 0 Å². The van der Waals surface area contributed by atoms with Crippen LogP contribution in [-0.4, -0.2) is 29.1 Å². The standard InChI is InChI=1S/C19H19ClN2O3/c20-16-8-4-3-7-15(16)11-21-17(23)18(24)22-12-19(25)9-13-5-1-2-6-14(13)10-19/h1-8,25H,9-12H2,(H,21,23)(H,22,24). The van der Waals surface area contributed by atoms with Crippen molar-refractivity contribution in [1.29, 1.82) is 0 Å². The van der Waals surface area contributed by atoms with E-state index < -0.39 is 17.4 Å². The summed E-state index contributed by atoms with van der Waals surface area (Å²) in [4.78, 5) is 23.9. The Morgan fingerprint density at radius 1 is 0.960 bits per heavy atom. The summed E-state index contributed by atoms with van der Waals surface area (Å²) in [5.74, 6) is -1.52. The molecule has 0 radical (unpaired) electrons. The van der Waals surface area contributed by atoms with Gasteiger partial charge in [0.1, 0.15) is 0 Å². The van der Waals surface area contributed by atoms with E-state index in [9.17, 15) is 14.7 Å². The third kappa shape index (κ3) is 4.18. The van der Waals surface area contributed by atoms with Gasteiger partial charge in [0.25, 0.3) is 0 Å². The first kappa shape index (κ1) is 17.5. The molecule has 2 aromatic carbocycles. The number of nitrogens with one attached hydrogen (secondary N) is 2. The van der Waals surface area contributed by atoms with Crippen LogP contribution in [0.15, 0.2) is 48.5 Å². The van der Waals surface area contributed by atoms with Crippen molar-refractivity contribution in [2.75, 3.05) is 6.54 Å². The summed E-state index contributed by atoms with van der Waals surface area (Å²) in [5, 5.41) is 16.2. The average Bonchev–Trinajstić information content (AvgIpc) is 2.95. The number of fused-ring (bicyclic) bond motifs is 1. The lowest BCUT2D eigenvalue weighted by atomic mass is 10.0. The number of carbonyl (C=O) groups excluding carboxylic acids is 2. The van der Waals surface area contributed by atoms with Crippen LogP contribution in [0.3, 0.4) is 0 Å². The number of amides is 2. The highest BCUT2D eigenvalue weighted by molar-refractivity contribution is 6.35. The number of carbonyl (C=O) groups is 2. The predicted molar refractivity (Wildman–Crippen MR) is 95.1 cm³/mol. The Kier molecular flexibility index (Phi) is 5.06. The van der Waals surface area contributed by atoms with Gasteiger partial charge in [-0.05, 0) is 22.8 Å². The Balaban J connectivity index is 1.49. The van der Waals surface area contributed by atoms with Crippen LogP contribution in [0.2, 0.25) is 5.02 Å². The summed E-state index contributed by atoms with van der Waals surface area (Å²) in [6.45, 7) is 0.196. The van der Waals surface area contributed by atoms with Gasteiger partial charge in [-0.15, -0.1) is 0 Å². The Hall–Kier alpha value is -2.37. The van der Waals surface area contributed by atoms with Gasteiger partial charge in [0.15, 0.2) is 0 Å². The van der Waals surface area contributed by atoms with Gasteiger partial charge < -0.3 is 15.7 Å². The summed E-state index contributed by atoms with van der Waals surface area (Å²) < 4.78 is 0. The molecule has 3 N–H and O–H groups in total. The number of hydrogen-bond donors (Lipinski definition) is 3. The second kappa shape index (κ2) is 7.25. The van der Waals surface area contributed by atoms with Crippen molar-refractivity contribution in [2.24, 2.45) is 0 Å². The number of aliphatic hydroxyl groups is 1. The first-order valence-corrected chi connectivity index (χ1v) is 8.43. The summed E-state index contributed by atoms with van der Waals surface area (Å²) in [5.41, 5.74) is 1.82. The normalized spacial score (nSPS) is 14.6. The Morgan fingerprint density at radius 3 is 2.16 bits per heavy atom. The SMILES string of the molecule is O=C(NCc1ccccc1Cl)C(=O)NCC1(O)Cc2ccccc2C1. The fourth-order valence-corrected chi connectivity index (χ4v) is 3.22. The first-order valence-electron chi connectivity index (χ1n) is 8.05. The lowest BCUT2D eigenvalue weighted by Crippen LogP contribution is -2.48. The van der Waals surface area contributed by atoms with Gasteiger partial charge in [-0.2, -0.15) is 0 Å². The average molecular weight is 359 g/mol. The maximum Gasteiger partial charge on any atom is 0.309 e. The minimum Gasteiger partial charge on any atom is -0.387 e. The third-order valence-electron chi connectivity index (χ3n) is 4.34. The van der Waals surface area contributed by atoms with E-state index in [1.54, 1.807) is 24.3 Å². The van der Waals surface area contributed by atoms with Gasteiger partial charge in [0.2, 0.25) is 0 Å². The van der Waals surface area contributed by atoms with E-state index in [0.29, 0.717) is 17.9 Å². The molecular formula is C19H19ClN2O3. The van der Waals surface area contributed by atoms with Crippen molar-refractivity contribution in [2.45, 2.75) is 25.0 Å². The monoisotopic (exact) mass is 358 g/mol. The first-order chi connectivity index (χ1) is 12.0. The molecule has 2 amide bonds. The van der Waals surface area contributed by atoms with E-state index in [1.165, 1.54) is 0 Å². The van der Waals surface area contributed by atoms with Crippen LogP contribution in [-0.2, 0) is 29.0 Å². The van der Waals surface area contributed by atoms with Gasteiger partial charge in [0.05, 0.1) is 5.60 Å². The quantitative estimate of drug-likeness (QED) is 0.726. The second-order valence-electron chi connectivity index (χ2n) is 6.30. The molecule has 0 aliphatic heterocycles. The van der Waals surface area contributed by atoms with Crippen molar-refractivity contribution in [3.05, 3.63) is 70.2 Å². The highest BCUT2D eigenvalue weighted by Gasteiger charge is 2.35. The maximum absolute atomic E-state index is 12.0. The molecule has 0 unspecified atom stereocenters. The maximum atomic E-state index is 12.0. The van der Waals surface area contributed by atoms with E-state index in [2.05, 4.69) is 10.6 Å². The zero-order chi connectivity index (χ0) is 17.9. The third-order valence-corrected chi connectivity index (χ3v) is 4.71. The number of benzene rings is 2. The molecule has 0 atom stereocenters. The number of halogens is 1.